The zero-order chi connectivity index (χ0) is 37.4. The number of rotatable bonds is 5. The Labute approximate surface area is 325 Å². The Bertz CT molecular complexity index is 3120. The van der Waals surface area contributed by atoms with Crippen molar-refractivity contribution in [3.63, 3.8) is 0 Å². The molecule has 0 amide bonds. The number of allylic oxidation sites excluding steroid dienone is 1. The van der Waals surface area contributed by atoms with Crippen LogP contribution in [-0.4, -0.2) is 24.1 Å². The van der Waals surface area contributed by atoms with Crippen molar-refractivity contribution in [2.75, 3.05) is 0 Å². The Morgan fingerprint density at radius 2 is 1.23 bits per heavy atom. The van der Waals surface area contributed by atoms with Gasteiger partial charge in [-0.1, -0.05) is 135 Å². The normalized spacial score (nSPS) is 15.0. The second kappa shape index (κ2) is 12.6. The van der Waals surface area contributed by atoms with Gasteiger partial charge in [-0.3, -0.25) is 4.57 Å². The quantitative estimate of drug-likeness (QED) is 0.178. The highest BCUT2D eigenvalue weighted by Gasteiger charge is 2.45. The number of para-hydroxylation sites is 2. The van der Waals surface area contributed by atoms with E-state index < -0.39 is 0 Å². The van der Waals surface area contributed by atoms with Crippen molar-refractivity contribution in [2.45, 2.75) is 38.0 Å². The van der Waals surface area contributed by atoms with Gasteiger partial charge >= 0.3 is 0 Å². The molecule has 0 aliphatic heterocycles. The molecule has 56 heavy (non-hydrogen) atoms. The van der Waals surface area contributed by atoms with Gasteiger partial charge in [0.05, 0.1) is 21.9 Å². The minimum absolute atomic E-state index is 0.0669. The van der Waals surface area contributed by atoms with Gasteiger partial charge in [0.1, 0.15) is 0 Å². The van der Waals surface area contributed by atoms with Crippen LogP contribution in [0.4, 0.5) is 0 Å². The van der Waals surface area contributed by atoms with Gasteiger partial charge in [-0.05, 0) is 84.5 Å². The molecule has 6 aromatic carbocycles. The topological polar surface area (TPSA) is 48.5 Å². The molecule has 5 nitrogen and oxygen atoms in total. The number of hydrogen-bond donors (Lipinski definition) is 0. The third kappa shape index (κ3) is 4.70. The molecule has 0 saturated heterocycles. The van der Waals surface area contributed by atoms with E-state index in [4.69, 9.17) is 15.0 Å². The van der Waals surface area contributed by atoms with Crippen molar-refractivity contribution in [3.8, 4) is 45.5 Å². The van der Waals surface area contributed by atoms with Gasteiger partial charge in [-0.15, -0.1) is 0 Å². The van der Waals surface area contributed by atoms with E-state index in [0.29, 0.717) is 17.6 Å². The molecule has 0 radical (unpaired) electrons. The van der Waals surface area contributed by atoms with Gasteiger partial charge in [-0.2, -0.15) is 9.97 Å². The van der Waals surface area contributed by atoms with Crippen LogP contribution in [0.5, 0.6) is 0 Å². The maximum atomic E-state index is 5.27. The first-order valence-electron chi connectivity index (χ1n) is 19.7. The van der Waals surface area contributed by atoms with Crippen molar-refractivity contribution in [1.29, 1.82) is 0 Å². The molecule has 0 atom stereocenters. The predicted octanol–water partition coefficient (Wildman–Crippen LogP) is 10.9. The highest BCUT2D eigenvalue weighted by molar-refractivity contribution is 6.09. The summed E-state index contributed by atoms with van der Waals surface area (Å²) in [6.07, 6.45) is 11.2. The summed E-state index contributed by atoms with van der Waals surface area (Å²) in [5.41, 5.74) is 12.0. The summed E-state index contributed by atoms with van der Waals surface area (Å²) >= 11 is 0. The summed E-state index contributed by atoms with van der Waals surface area (Å²) in [6, 6.07) is 49.9. The monoisotopic (exact) mass is 721 g/mol. The third-order valence-corrected chi connectivity index (χ3v) is 12.3. The second-order valence-corrected chi connectivity index (χ2v) is 15.1. The Hall–Kier alpha value is -6.85. The Balaban J connectivity index is 1.15. The maximum Gasteiger partial charge on any atom is 0.238 e. The van der Waals surface area contributed by atoms with E-state index in [9.17, 15) is 0 Å². The van der Waals surface area contributed by atoms with Crippen LogP contribution in [0, 0.1) is 0 Å². The lowest BCUT2D eigenvalue weighted by Crippen LogP contribution is -2.28. The Morgan fingerprint density at radius 1 is 0.571 bits per heavy atom. The number of nitrogens with zero attached hydrogens (tertiary/aromatic N) is 5. The standard InChI is InChI=1S/C51H39N5/c1-3-17-44-36(4-2)41-31-40-37-22-8-11-25-42(37)51(28-14-15-29-51)43(40)32-47(41)55(44)35-21-16-20-34(30-35)49-52-48(33-18-6-5-7-19-33)53-50(54-49)56-45-26-12-9-23-38(45)39-24-10-13-27-46(39)56/h3-13,16-27,30-32H,1,14-15,28-29H2,2H3/b36-4-,44-17+. The zero-order valence-electron chi connectivity index (χ0n) is 31.3. The summed E-state index contributed by atoms with van der Waals surface area (Å²) in [4.78, 5) is 15.6. The largest absolute Gasteiger partial charge is 0.309 e. The Morgan fingerprint density at radius 3 is 1.96 bits per heavy atom. The van der Waals surface area contributed by atoms with Crippen LogP contribution in [0.3, 0.4) is 0 Å². The lowest BCUT2D eigenvalue weighted by atomic mass is 9.76. The SMILES string of the molecule is C=C/C=c1\c(=C/C)c2cc3c(cc2n1-c1cccc(-c2nc(-c4ccccc4)nc(-n4c5ccccc5c5ccccc54)n2)c1)C1(CCCC1)c1ccccc1-3. The van der Waals surface area contributed by atoms with E-state index in [1.165, 1.54) is 64.1 Å². The van der Waals surface area contributed by atoms with E-state index in [1.54, 1.807) is 0 Å². The van der Waals surface area contributed by atoms with Gasteiger partial charge in [0.15, 0.2) is 11.6 Å². The van der Waals surface area contributed by atoms with Gasteiger partial charge in [-0.25, -0.2) is 4.98 Å². The van der Waals surface area contributed by atoms with Crippen molar-refractivity contribution in [3.05, 3.63) is 174 Å². The molecule has 1 saturated carbocycles. The Kier molecular flexibility index (Phi) is 7.33. The summed E-state index contributed by atoms with van der Waals surface area (Å²) in [5, 5.41) is 5.89. The molecule has 5 heteroatoms. The fourth-order valence-corrected chi connectivity index (χ4v) is 9.88. The molecule has 3 aromatic heterocycles. The first-order valence-corrected chi connectivity index (χ1v) is 19.7. The lowest BCUT2D eigenvalue weighted by molar-refractivity contribution is 0.550. The number of fused-ring (bicyclic) bond motifs is 9. The molecule has 2 aliphatic carbocycles. The fourth-order valence-electron chi connectivity index (χ4n) is 9.88. The highest BCUT2D eigenvalue weighted by Crippen LogP contribution is 2.57. The molecule has 3 heterocycles. The maximum absolute atomic E-state index is 5.27. The van der Waals surface area contributed by atoms with Crippen LogP contribution in [-0.2, 0) is 5.41 Å². The van der Waals surface area contributed by atoms with Gasteiger partial charge in [0.2, 0.25) is 5.95 Å². The number of benzene rings is 6. The molecule has 9 aromatic rings. The summed E-state index contributed by atoms with van der Waals surface area (Å²) in [7, 11) is 0. The summed E-state index contributed by atoms with van der Waals surface area (Å²) in [5.74, 6) is 1.83. The van der Waals surface area contributed by atoms with Crippen LogP contribution in [0.1, 0.15) is 43.7 Å². The number of aromatic nitrogens is 5. The molecule has 2 aliphatic rings. The van der Waals surface area contributed by atoms with E-state index in [2.05, 4.69) is 156 Å². The molecule has 0 unspecified atom stereocenters. The predicted molar refractivity (Wildman–Crippen MR) is 231 cm³/mol. The van der Waals surface area contributed by atoms with Gasteiger partial charge in [0.25, 0.3) is 0 Å². The molecule has 0 bridgehead atoms. The van der Waals surface area contributed by atoms with Crippen molar-refractivity contribution < 1.29 is 0 Å². The molecular weight excluding hydrogens is 683 g/mol. The van der Waals surface area contributed by atoms with Crippen LogP contribution < -0.4 is 10.6 Å². The molecule has 1 fully saturated rings. The average molecular weight is 722 g/mol. The second-order valence-electron chi connectivity index (χ2n) is 15.1. The van der Waals surface area contributed by atoms with Crippen molar-refractivity contribution in [1.82, 2.24) is 24.1 Å². The lowest BCUT2D eigenvalue weighted by Gasteiger charge is -2.26. The fraction of sp³-hybridized carbons (Fsp3) is 0.118. The molecule has 268 valence electrons. The first kappa shape index (κ1) is 32.6. The molecule has 0 N–H and O–H groups in total. The smallest absolute Gasteiger partial charge is 0.238 e. The van der Waals surface area contributed by atoms with E-state index in [-0.39, 0.29) is 5.41 Å². The highest BCUT2D eigenvalue weighted by atomic mass is 15.2. The number of hydrogen-bond acceptors (Lipinski definition) is 3. The molecule has 11 rings (SSSR count). The third-order valence-electron chi connectivity index (χ3n) is 12.3. The zero-order valence-corrected chi connectivity index (χ0v) is 31.3. The first-order chi connectivity index (χ1) is 27.7. The molecule has 1 spiro atoms. The van der Waals surface area contributed by atoms with Crippen LogP contribution in [0.2, 0.25) is 0 Å². The average Bonchev–Trinajstić information content (AvgIpc) is 4.02. The van der Waals surface area contributed by atoms with Crippen LogP contribution in [0.25, 0.3) is 90.4 Å². The van der Waals surface area contributed by atoms with Crippen LogP contribution in [0.15, 0.2) is 152 Å². The summed E-state index contributed by atoms with van der Waals surface area (Å²) < 4.78 is 4.58. The van der Waals surface area contributed by atoms with Crippen molar-refractivity contribution >= 4 is 44.9 Å². The van der Waals surface area contributed by atoms with Crippen molar-refractivity contribution in [2.24, 2.45) is 0 Å². The van der Waals surface area contributed by atoms with Crippen LogP contribution >= 0.6 is 0 Å². The van der Waals surface area contributed by atoms with Gasteiger partial charge in [0, 0.05) is 43.6 Å². The van der Waals surface area contributed by atoms with Gasteiger partial charge < -0.3 is 4.57 Å². The minimum Gasteiger partial charge on any atom is -0.309 e. The molecular formula is C51H39N5. The summed E-state index contributed by atoms with van der Waals surface area (Å²) in [6.45, 7) is 6.30. The minimum atomic E-state index is 0.0669. The van der Waals surface area contributed by atoms with E-state index >= 15 is 0 Å². The van der Waals surface area contributed by atoms with E-state index in [0.717, 1.165) is 44.0 Å². The van der Waals surface area contributed by atoms with E-state index in [1.807, 2.05) is 24.3 Å².